The van der Waals surface area contributed by atoms with Crippen molar-refractivity contribution in [2.75, 3.05) is 7.11 Å². The second kappa shape index (κ2) is 10.4. The van der Waals surface area contributed by atoms with Crippen LogP contribution in [0.25, 0.3) is 6.08 Å². The molecule has 1 unspecified atom stereocenters. The number of hydrogen-bond acceptors (Lipinski definition) is 11. The summed E-state index contributed by atoms with van der Waals surface area (Å²) in [4.78, 5) is 40.2. The molecule has 11 nitrogen and oxygen atoms in total. The summed E-state index contributed by atoms with van der Waals surface area (Å²) in [5.74, 6) is -5.85. The normalized spacial score (nSPS) is 43.1. The zero-order chi connectivity index (χ0) is 33.7. The Kier molecular flexibility index (Phi) is 7.01. The van der Waals surface area contributed by atoms with Crippen molar-refractivity contribution in [1.29, 1.82) is 0 Å². The molecule has 2 N–H and O–H groups in total. The minimum absolute atomic E-state index is 0.216. The third-order valence-corrected chi connectivity index (χ3v) is 12.0. The summed E-state index contributed by atoms with van der Waals surface area (Å²) >= 11 is 0. The number of aliphatic hydroxyl groups excluding tert-OH is 1. The number of esters is 3. The van der Waals surface area contributed by atoms with Crippen LogP contribution in [0, 0.1) is 28.1 Å². The zero-order valence-electron chi connectivity index (χ0n) is 27.0. The van der Waals surface area contributed by atoms with Crippen LogP contribution < -0.4 is 0 Å². The van der Waals surface area contributed by atoms with E-state index >= 15 is 0 Å². The molecule has 5 aliphatic rings. The van der Waals surface area contributed by atoms with Crippen molar-refractivity contribution in [3.8, 4) is 0 Å². The summed E-state index contributed by atoms with van der Waals surface area (Å²) in [6.07, 6.45) is -0.398. The van der Waals surface area contributed by atoms with Gasteiger partial charge in [0.05, 0.1) is 37.6 Å². The first-order valence-electron chi connectivity index (χ1n) is 15.8. The van der Waals surface area contributed by atoms with Gasteiger partial charge in [0.15, 0.2) is 11.9 Å². The molecule has 11 atom stereocenters. The maximum atomic E-state index is 13.5. The maximum absolute atomic E-state index is 13.5. The number of aliphatic hydroxyl groups is 2. The van der Waals surface area contributed by atoms with Crippen LogP contribution in [-0.2, 0) is 38.1 Å². The van der Waals surface area contributed by atoms with Crippen molar-refractivity contribution in [1.82, 2.24) is 0 Å². The van der Waals surface area contributed by atoms with Crippen molar-refractivity contribution in [3.05, 3.63) is 78.3 Å². The molecule has 4 heterocycles. The molecule has 1 aromatic carbocycles. The van der Waals surface area contributed by atoms with Crippen LogP contribution >= 0.6 is 0 Å². The van der Waals surface area contributed by atoms with E-state index in [4.69, 9.17) is 28.1 Å². The average molecular weight is 649 g/mol. The van der Waals surface area contributed by atoms with Crippen molar-refractivity contribution >= 4 is 24.0 Å². The molecule has 0 radical (unpaired) electrons. The lowest BCUT2D eigenvalue weighted by atomic mass is 9.49. The first-order chi connectivity index (χ1) is 22.2. The van der Waals surface area contributed by atoms with Crippen molar-refractivity contribution in [2.24, 2.45) is 28.1 Å². The Bertz CT molecular complexity index is 1650. The van der Waals surface area contributed by atoms with Crippen molar-refractivity contribution in [3.63, 3.8) is 0 Å². The highest BCUT2D eigenvalue weighted by Gasteiger charge is 2.84. The van der Waals surface area contributed by atoms with Gasteiger partial charge in [-0.05, 0) is 29.7 Å². The third kappa shape index (κ3) is 4.03. The summed E-state index contributed by atoms with van der Waals surface area (Å²) in [5, 5.41) is 25.3. The fourth-order valence-electron chi connectivity index (χ4n) is 9.87. The minimum Gasteiger partial charge on any atom is -0.472 e. The standard InChI is InChI=1S/C36H40O11/c1-19-22-16-33(4)28(21-14-15-43-18-21)45-24(38)17-35(19,33)47-30-25(39)29(44-23(37)13-12-20-10-8-7-9-11-20)32(2,3)27-26(31(40)42-6)46-36(22,41)34(27,30)5/h7-15,18,22,25-30,39,41H,1,16-17H2,2-6H3/t22-,25-,26+,27?,28-,29+,30-,33-,34+,35-,36-/m0/s1. The predicted molar refractivity (Wildman–Crippen MR) is 164 cm³/mol. The van der Waals surface area contributed by atoms with Crippen LogP contribution in [0.15, 0.2) is 71.6 Å². The zero-order valence-corrected chi connectivity index (χ0v) is 27.0. The number of benzene rings is 1. The van der Waals surface area contributed by atoms with Gasteiger partial charge >= 0.3 is 17.9 Å². The minimum atomic E-state index is -2.12. The first-order valence-corrected chi connectivity index (χ1v) is 15.8. The second-order valence-corrected chi connectivity index (χ2v) is 14.6. The molecular formula is C36H40O11. The number of methoxy groups -OCH3 is 1. The van der Waals surface area contributed by atoms with E-state index in [1.54, 1.807) is 32.9 Å². The van der Waals surface area contributed by atoms with E-state index in [-0.39, 0.29) is 12.8 Å². The lowest BCUT2D eigenvalue weighted by Gasteiger charge is -2.61. The third-order valence-electron chi connectivity index (χ3n) is 12.0. The Morgan fingerprint density at radius 2 is 1.81 bits per heavy atom. The topological polar surface area (TPSA) is 151 Å². The van der Waals surface area contributed by atoms with Crippen LogP contribution in [-0.4, -0.2) is 71.0 Å². The van der Waals surface area contributed by atoms with Gasteiger partial charge in [0.2, 0.25) is 0 Å². The van der Waals surface area contributed by atoms with Gasteiger partial charge in [-0.3, -0.25) is 4.79 Å². The molecule has 2 saturated carbocycles. The van der Waals surface area contributed by atoms with Crippen LogP contribution in [0.2, 0.25) is 0 Å². The van der Waals surface area contributed by atoms with Gasteiger partial charge in [-0.1, -0.05) is 64.6 Å². The molecule has 2 aliphatic carbocycles. The summed E-state index contributed by atoms with van der Waals surface area (Å²) in [7, 11) is 1.23. The molecule has 0 amide bonds. The lowest BCUT2D eigenvalue weighted by molar-refractivity contribution is -0.336. The highest BCUT2D eigenvalue weighted by atomic mass is 16.7. The largest absolute Gasteiger partial charge is 0.472 e. The Hall–Kier alpha value is -3.77. The van der Waals surface area contributed by atoms with Gasteiger partial charge in [-0.2, -0.15) is 0 Å². The summed E-state index contributed by atoms with van der Waals surface area (Å²) < 4.78 is 36.0. The highest BCUT2D eigenvalue weighted by molar-refractivity contribution is 5.87. The number of cyclic esters (lactones) is 1. The summed E-state index contributed by atoms with van der Waals surface area (Å²) in [5.41, 5.74) is -3.30. The molecule has 2 bridgehead atoms. The highest BCUT2D eigenvalue weighted by Crippen LogP contribution is 2.76. The van der Waals surface area contributed by atoms with Gasteiger partial charge in [0, 0.05) is 34.3 Å². The molecule has 11 heteroatoms. The van der Waals surface area contributed by atoms with E-state index < -0.39 is 87.9 Å². The maximum Gasteiger partial charge on any atom is 0.335 e. The summed E-state index contributed by atoms with van der Waals surface area (Å²) in [6, 6.07) is 10.9. The number of carbonyl (C=O) groups is 3. The fourth-order valence-corrected chi connectivity index (χ4v) is 9.87. The van der Waals surface area contributed by atoms with E-state index in [1.165, 1.54) is 25.7 Å². The monoisotopic (exact) mass is 648 g/mol. The number of carbonyl (C=O) groups excluding carboxylic acids is 3. The van der Waals surface area contributed by atoms with Gasteiger partial charge in [-0.25, -0.2) is 9.59 Å². The van der Waals surface area contributed by atoms with Crippen LogP contribution in [0.3, 0.4) is 0 Å². The second-order valence-electron chi connectivity index (χ2n) is 14.6. The van der Waals surface area contributed by atoms with Crippen molar-refractivity contribution < 1.29 is 52.7 Å². The Morgan fingerprint density at radius 1 is 1.09 bits per heavy atom. The molecule has 47 heavy (non-hydrogen) atoms. The van der Waals surface area contributed by atoms with E-state index in [1.807, 2.05) is 37.3 Å². The van der Waals surface area contributed by atoms with Gasteiger partial charge in [-0.15, -0.1) is 0 Å². The SMILES string of the molecule is C=C1[C@@H]2C[C@@]3(C)[C@H](c4ccoc4)OC(=O)C[C@]13O[C@H]1[C@@H](O)[C@@H](OC(=O)C=Cc3ccccc3)C(C)(C)C3[C@H](C(=O)OC)O[C@]2(O)[C@]31C. The quantitative estimate of drug-likeness (QED) is 0.210. The molecular weight excluding hydrogens is 608 g/mol. The fraction of sp³-hybridized carbons (Fsp3) is 0.528. The van der Waals surface area contributed by atoms with Gasteiger partial charge in [0.25, 0.3) is 0 Å². The number of rotatable bonds is 5. The molecule has 2 aromatic rings. The molecule has 7 rings (SSSR count). The smallest absolute Gasteiger partial charge is 0.335 e. The Labute approximate surface area is 272 Å². The molecule has 3 aliphatic heterocycles. The Morgan fingerprint density at radius 3 is 2.47 bits per heavy atom. The van der Waals surface area contributed by atoms with E-state index in [0.29, 0.717) is 11.1 Å². The first kappa shape index (κ1) is 31.8. The number of hydrogen-bond donors (Lipinski definition) is 2. The van der Waals surface area contributed by atoms with E-state index in [0.717, 1.165) is 5.56 Å². The number of furan rings is 1. The van der Waals surface area contributed by atoms with Crippen LogP contribution in [0.1, 0.15) is 57.8 Å². The van der Waals surface area contributed by atoms with Gasteiger partial charge < -0.3 is 38.3 Å². The molecule has 250 valence electrons. The van der Waals surface area contributed by atoms with Gasteiger partial charge in [0.1, 0.15) is 23.9 Å². The summed E-state index contributed by atoms with van der Waals surface area (Å²) in [6.45, 7) is 11.5. The Balaban J connectivity index is 1.37. The van der Waals surface area contributed by atoms with Crippen LogP contribution in [0.5, 0.6) is 0 Å². The average Bonchev–Trinajstić information content (AvgIpc) is 3.70. The number of fused-ring (bicyclic) bond motifs is 2. The molecule has 1 spiro atoms. The van der Waals surface area contributed by atoms with Crippen LogP contribution in [0.4, 0.5) is 0 Å². The molecule has 5 fully saturated rings. The van der Waals surface area contributed by atoms with E-state index in [9.17, 15) is 24.6 Å². The predicted octanol–water partition coefficient (Wildman–Crippen LogP) is 3.90. The number of ether oxygens (including phenoxy) is 5. The molecule has 1 aromatic heterocycles. The lowest BCUT2D eigenvalue weighted by Crippen LogP contribution is -2.72. The van der Waals surface area contributed by atoms with Crippen molar-refractivity contribution in [2.45, 2.75) is 82.4 Å². The van der Waals surface area contributed by atoms with E-state index in [2.05, 4.69) is 6.58 Å². The molecule has 3 saturated heterocycles.